The van der Waals surface area contributed by atoms with E-state index < -0.39 is 6.10 Å². The minimum absolute atomic E-state index is 0.207. The Morgan fingerprint density at radius 1 is 1.11 bits per heavy atom. The van der Waals surface area contributed by atoms with Crippen LogP contribution in [0.2, 0.25) is 0 Å². The van der Waals surface area contributed by atoms with Gasteiger partial charge >= 0.3 is 0 Å². The number of benzene rings is 2. The number of hydrogen-bond donors (Lipinski definition) is 1. The van der Waals surface area contributed by atoms with Gasteiger partial charge in [-0.2, -0.15) is 0 Å². The van der Waals surface area contributed by atoms with Crippen LogP contribution in [0, 0.1) is 13.8 Å². The number of carbonyl (C=O) groups excluding carboxylic acids is 1. The molecule has 0 aliphatic rings. The van der Waals surface area contributed by atoms with Gasteiger partial charge in [-0.3, -0.25) is 4.79 Å². The molecule has 0 aliphatic heterocycles. The van der Waals surface area contributed by atoms with Crippen LogP contribution >= 0.6 is 15.9 Å². The Hall–Kier alpha value is -2.05. The van der Waals surface area contributed by atoms with E-state index in [1.54, 1.807) is 19.1 Å². The van der Waals surface area contributed by atoms with Gasteiger partial charge in [0, 0.05) is 16.8 Å². The molecular formula is C21H26BrNO4. The standard InChI is InChI=1S/C21H26BrNO4/c1-5-25-10-11-26-19-8-6-18(7-9-19)23-21(24)16(4)27-20-14(2)12-17(22)13-15(20)3/h6-9,12-13,16H,5,10-11H2,1-4H3,(H,23,24). The van der Waals surface area contributed by atoms with Crippen molar-refractivity contribution < 1.29 is 19.0 Å². The van der Waals surface area contributed by atoms with Crippen LogP contribution in [-0.4, -0.2) is 31.8 Å². The first-order valence-electron chi connectivity index (χ1n) is 8.95. The highest BCUT2D eigenvalue weighted by molar-refractivity contribution is 9.10. The first kappa shape index (κ1) is 21.3. The quantitative estimate of drug-likeness (QED) is 0.569. The fourth-order valence-electron chi connectivity index (χ4n) is 2.55. The number of amides is 1. The van der Waals surface area contributed by atoms with Crippen LogP contribution in [0.1, 0.15) is 25.0 Å². The highest BCUT2D eigenvalue weighted by atomic mass is 79.9. The number of anilines is 1. The highest BCUT2D eigenvalue weighted by Gasteiger charge is 2.17. The van der Waals surface area contributed by atoms with Crippen molar-refractivity contribution in [3.63, 3.8) is 0 Å². The van der Waals surface area contributed by atoms with Crippen LogP contribution < -0.4 is 14.8 Å². The van der Waals surface area contributed by atoms with E-state index in [0.29, 0.717) is 25.5 Å². The molecule has 2 aromatic rings. The van der Waals surface area contributed by atoms with Crippen LogP contribution in [0.15, 0.2) is 40.9 Å². The maximum atomic E-state index is 12.4. The second kappa shape index (κ2) is 10.3. The molecule has 1 atom stereocenters. The Morgan fingerprint density at radius 2 is 1.74 bits per heavy atom. The maximum absolute atomic E-state index is 12.4. The van der Waals surface area contributed by atoms with Crippen LogP contribution in [0.5, 0.6) is 11.5 Å². The van der Waals surface area contributed by atoms with Gasteiger partial charge in [-0.25, -0.2) is 0 Å². The Labute approximate surface area is 169 Å². The summed E-state index contributed by atoms with van der Waals surface area (Å²) in [5.41, 5.74) is 2.65. The second-order valence-electron chi connectivity index (χ2n) is 6.19. The molecule has 0 fully saturated rings. The zero-order chi connectivity index (χ0) is 19.8. The summed E-state index contributed by atoms with van der Waals surface area (Å²) in [5, 5.41) is 2.86. The molecule has 27 heavy (non-hydrogen) atoms. The topological polar surface area (TPSA) is 56.8 Å². The molecule has 0 saturated heterocycles. The predicted molar refractivity (Wildman–Crippen MR) is 111 cm³/mol. The molecule has 1 N–H and O–H groups in total. The predicted octanol–water partition coefficient (Wildman–Crippen LogP) is 4.89. The average molecular weight is 436 g/mol. The Balaban J connectivity index is 1.91. The van der Waals surface area contributed by atoms with Gasteiger partial charge in [0.1, 0.15) is 18.1 Å². The average Bonchev–Trinajstić information content (AvgIpc) is 2.63. The lowest BCUT2D eigenvalue weighted by Crippen LogP contribution is -2.30. The Kier molecular flexibility index (Phi) is 8.13. The third kappa shape index (κ3) is 6.56. The van der Waals surface area contributed by atoms with Crippen molar-refractivity contribution in [1.29, 1.82) is 0 Å². The van der Waals surface area contributed by atoms with Gasteiger partial charge in [0.05, 0.1) is 6.61 Å². The molecule has 0 radical (unpaired) electrons. The third-order valence-electron chi connectivity index (χ3n) is 3.91. The number of ether oxygens (including phenoxy) is 3. The lowest BCUT2D eigenvalue weighted by atomic mass is 10.1. The summed E-state index contributed by atoms with van der Waals surface area (Å²) < 4.78 is 17.7. The molecule has 0 aliphatic carbocycles. The number of aryl methyl sites for hydroxylation is 2. The summed E-state index contributed by atoms with van der Waals surface area (Å²) in [4.78, 5) is 12.4. The largest absolute Gasteiger partial charge is 0.491 e. The number of hydrogen-bond acceptors (Lipinski definition) is 4. The Bertz CT molecular complexity index is 738. The van der Waals surface area contributed by atoms with Crippen molar-refractivity contribution in [2.24, 2.45) is 0 Å². The van der Waals surface area contributed by atoms with Crippen molar-refractivity contribution >= 4 is 27.5 Å². The fourth-order valence-corrected chi connectivity index (χ4v) is 3.24. The van der Waals surface area contributed by atoms with Crippen molar-refractivity contribution in [2.45, 2.75) is 33.8 Å². The molecule has 2 aromatic carbocycles. The van der Waals surface area contributed by atoms with E-state index >= 15 is 0 Å². The van der Waals surface area contributed by atoms with Gasteiger partial charge < -0.3 is 19.5 Å². The van der Waals surface area contributed by atoms with E-state index in [2.05, 4.69) is 21.2 Å². The smallest absolute Gasteiger partial charge is 0.265 e. The van der Waals surface area contributed by atoms with E-state index in [0.717, 1.165) is 27.1 Å². The maximum Gasteiger partial charge on any atom is 0.265 e. The summed E-state index contributed by atoms with van der Waals surface area (Å²) in [5.74, 6) is 1.26. The number of carbonyl (C=O) groups is 1. The summed E-state index contributed by atoms with van der Waals surface area (Å²) in [6.07, 6.45) is -0.620. The fraction of sp³-hybridized carbons (Fsp3) is 0.381. The van der Waals surface area contributed by atoms with Crippen LogP contribution in [0.3, 0.4) is 0 Å². The molecule has 6 heteroatoms. The van der Waals surface area contributed by atoms with E-state index in [1.165, 1.54) is 0 Å². The molecule has 5 nitrogen and oxygen atoms in total. The summed E-state index contributed by atoms with van der Waals surface area (Å²) in [6.45, 7) is 9.33. The Morgan fingerprint density at radius 3 is 2.33 bits per heavy atom. The van der Waals surface area contributed by atoms with Crippen LogP contribution in [-0.2, 0) is 9.53 Å². The number of rotatable bonds is 9. The molecule has 0 spiro atoms. The minimum atomic E-state index is -0.620. The lowest BCUT2D eigenvalue weighted by molar-refractivity contribution is -0.122. The molecule has 0 aromatic heterocycles. The first-order chi connectivity index (χ1) is 12.9. The van der Waals surface area contributed by atoms with Crippen molar-refractivity contribution in [2.75, 3.05) is 25.1 Å². The van der Waals surface area contributed by atoms with Gasteiger partial charge in [0.2, 0.25) is 0 Å². The molecular weight excluding hydrogens is 410 g/mol. The summed E-state index contributed by atoms with van der Waals surface area (Å²) >= 11 is 3.46. The summed E-state index contributed by atoms with van der Waals surface area (Å²) in [7, 11) is 0. The highest BCUT2D eigenvalue weighted by Crippen LogP contribution is 2.28. The van der Waals surface area contributed by atoms with Gasteiger partial charge in [-0.15, -0.1) is 0 Å². The monoisotopic (exact) mass is 435 g/mol. The van der Waals surface area contributed by atoms with E-state index in [9.17, 15) is 4.79 Å². The SMILES string of the molecule is CCOCCOc1ccc(NC(=O)C(C)Oc2c(C)cc(Br)cc2C)cc1. The van der Waals surface area contributed by atoms with Gasteiger partial charge in [-0.1, -0.05) is 15.9 Å². The molecule has 0 saturated carbocycles. The molecule has 2 rings (SSSR count). The molecule has 1 unspecified atom stereocenters. The van der Waals surface area contributed by atoms with Crippen molar-refractivity contribution in [3.05, 3.63) is 52.0 Å². The number of halogens is 1. The zero-order valence-electron chi connectivity index (χ0n) is 16.2. The molecule has 1 amide bonds. The van der Waals surface area contributed by atoms with Crippen LogP contribution in [0.25, 0.3) is 0 Å². The van der Waals surface area contributed by atoms with Gasteiger partial charge in [0.15, 0.2) is 6.10 Å². The van der Waals surface area contributed by atoms with Gasteiger partial charge in [-0.05, 0) is 75.2 Å². The molecule has 0 heterocycles. The zero-order valence-corrected chi connectivity index (χ0v) is 17.8. The lowest BCUT2D eigenvalue weighted by Gasteiger charge is -2.18. The minimum Gasteiger partial charge on any atom is -0.491 e. The van der Waals surface area contributed by atoms with Crippen molar-refractivity contribution in [3.8, 4) is 11.5 Å². The van der Waals surface area contributed by atoms with Crippen LogP contribution in [0.4, 0.5) is 5.69 Å². The van der Waals surface area contributed by atoms with Crippen molar-refractivity contribution in [1.82, 2.24) is 0 Å². The normalized spacial score (nSPS) is 11.7. The third-order valence-corrected chi connectivity index (χ3v) is 4.37. The van der Waals surface area contributed by atoms with E-state index in [-0.39, 0.29) is 5.91 Å². The molecule has 0 bridgehead atoms. The molecule has 146 valence electrons. The number of nitrogens with one attached hydrogen (secondary N) is 1. The van der Waals surface area contributed by atoms with E-state index in [1.807, 2.05) is 45.0 Å². The second-order valence-corrected chi connectivity index (χ2v) is 7.10. The van der Waals surface area contributed by atoms with E-state index in [4.69, 9.17) is 14.2 Å². The summed E-state index contributed by atoms with van der Waals surface area (Å²) in [6, 6.07) is 11.2. The van der Waals surface area contributed by atoms with Gasteiger partial charge in [0.25, 0.3) is 5.91 Å². The first-order valence-corrected chi connectivity index (χ1v) is 9.75.